The second kappa shape index (κ2) is 7.86. The van der Waals surface area contributed by atoms with E-state index in [1.54, 1.807) is 12.3 Å². The minimum Gasteiger partial charge on any atom is -0.464 e. The van der Waals surface area contributed by atoms with Crippen molar-refractivity contribution in [2.24, 2.45) is 0 Å². The first-order valence-corrected chi connectivity index (χ1v) is 9.82. The number of aryl methyl sites for hydroxylation is 1. The van der Waals surface area contributed by atoms with Gasteiger partial charge in [-0.2, -0.15) is 5.26 Å². The zero-order chi connectivity index (χ0) is 20.4. The third-order valence-corrected chi connectivity index (χ3v) is 5.61. The van der Waals surface area contributed by atoms with Gasteiger partial charge < -0.3 is 9.15 Å². The zero-order valence-electron chi connectivity index (χ0n) is 15.5. The van der Waals surface area contributed by atoms with Gasteiger partial charge in [0.15, 0.2) is 18.3 Å². The maximum Gasteiger partial charge on any atom is 0.310 e. The highest BCUT2D eigenvalue weighted by Gasteiger charge is 2.24. The summed E-state index contributed by atoms with van der Waals surface area (Å²) in [5, 5.41) is 14.4. The number of furan rings is 1. The Labute approximate surface area is 170 Å². The van der Waals surface area contributed by atoms with E-state index in [4.69, 9.17) is 9.15 Å². The molecule has 0 unspecified atom stereocenters. The van der Waals surface area contributed by atoms with Crippen molar-refractivity contribution >= 4 is 44.8 Å². The predicted molar refractivity (Wildman–Crippen MR) is 109 cm³/mol. The van der Waals surface area contributed by atoms with E-state index in [1.807, 2.05) is 42.5 Å². The number of fused-ring (bicyclic) bond motifs is 3. The van der Waals surface area contributed by atoms with Crippen LogP contribution in [0.4, 0.5) is 0 Å². The average molecular weight is 404 g/mol. The molecule has 0 saturated heterocycles. The van der Waals surface area contributed by atoms with Gasteiger partial charge in [-0.25, -0.2) is 4.98 Å². The van der Waals surface area contributed by atoms with Gasteiger partial charge >= 0.3 is 5.97 Å². The zero-order valence-corrected chi connectivity index (χ0v) is 16.4. The summed E-state index contributed by atoms with van der Waals surface area (Å²) in [5.74, 6) is -2.07. The van der Waals surface area contributed by atoms with Crippen molar-refractivity contribution in [2.45, 2.75) is 19.3 Å². The van der Waals surface area contributed by atoms with E-state index in [2.05, 4.69) is 4.98 Å². The second-order valence-electron chi connectivity index (χ2n) is 6.61. The van der Waals surface area contributed by atoms with Gasteiger partial charge in [0.1, 0.15) is 10.6 Å². The molecule has 144 valence electrons. The first-order chi connectivity index (χ1) is 14.1. The lowest BCUT2D eigenvalue weighted by atomic mass is 10.0. The molecular formula is C22H16N2O4S. The molecule has 7 heteroatoms. The number of nitrogens with zero attached hydrogens (tertiary/aromatic N) is 2. The molecule has 0 spiro atoms. The smallest absolute Gasteiger partial charge is 0.310 e. The van der Waals surface area contributed by atoms with E-state index in [-0.39, 0.29) is 6.42 Å². The fourth-order valence-corrected chi connectivity index (χ4v) is 4.08. The Hall–Kier alpha value is -3.50. The molecule has 4 rings (SSSR count). The number of rotatable bonds is 6. The number of carbonyl (C=O) groups is 2. The number of ether oxygens (including phenoxy) is 1. The van der Waals surface area contributed by atoms with Gasteiger partial charge in [-0.1, -0.05) is 30.3 Å². The standard InChI is InChI=1S/C22H16N2O4S/c1-13-12-29-22(24-13)17(9-23)18(25)11-28-20(26)8-15-10-27-19-7-6-14-4-2-3-5-16(14)21(15)19/h2-7,10,12,17H,8,11H2,1H3/t17-/m0/s1. The fourth-order valence-electron chi connectivity index (χ4n) is 3.22. The van der Waals surface area contributed by atoms with E-state index in [1.165, 1.54) is 17.6 Å². The first kappa shape index (κ1) is 18.8. The SMILES string of the molecule is Cc1csc([C@@H](C#N)C(=O)COC(=O)Cc2coc3ccc4ccccc4c23)n1. The lowest BCUT2D eigenvalue weighted by Gasteiger charge is -2.07. The molecule has 6 nitrogen and oxygen atoms in total. The third-order valence-electron chi connectivity index (χ3n) is 4.59. The minimum atomic E-state index is -1.03. The summed E-state index contributed by atoms with van der Waals surface area (Å²) in [4.78, 5) is 28.8. The van der Waals surface area contributed by atoms with Gasteiger partial charge in [0.25, 0.3) is 0 Å². The second-order valence-corrected chi connectivity index (χ2v) is 7.50. The Morgan fingerprint density at radius 2 is 2.10 bits per heavy atom. The average Bonchev–Trinajstić information content (AvgIpc) is 3.33. The molecule has 0 aliphatic heterocycles. The van der Waals surface area contributed by atoms with Crippen molar-refractivity contribution < 1.29 is 18.7 Å². The van der Waals surface area contributed by atoms with Gasteiger partial charge in [0, 0.05) is 22.0 Å². The van der Waals surface area contributed by atoms with Crippen LogP contribution in [-0.4, -0.2) is 23.3 Å². The monoisotopic (exact) mass is 404 g/mol. The van der Waals surface area contributed by atoms with E-state index >= 15 is 0 Å². The number of esters is 1. The number of hydrogen-bond acceptors (Lipinski definition) is 7. The minimum absolute atomic E-state index is 0.0259. The van der Waals surface area contributed by atoms with Gasteiger partial charge in [-0.05, 0) is 23.8 Å². The number of carbonyl (C=O) groups excluding carboxylic acids is 2. The van der Waals surface area contributed by atoms with Crippen molar-refractivity contribution in [3.8, 4) is 6.07 Å². The first-order valence-electron chi connectivity index (χ1n) is 8.94. The van der Waals surface area contributed by atoms with Gasteiger partial charge in [0.05, 0.1) is 18.8 Å². The molecule has 0 aliphatic rings. The van der Waals surface area contributed by atoms with Crippen LogP contribution in [0, 0.1) is 18.3 Å². The largest absolute Gasteiger partial charge is 0.464 e. The van der Waals surface area contributed by atoms with Crippen molar-refractivity contribution in [1.29, 1.82) is 5.26 Å². The summed E-state index contributed by atoms with van der Waals surface area (Å²) in [5.41, 5.74) is 2.13. The lowest BCUT2D eigenvalue weighted by Crippen LogP contribution is -2.20. The Balaban J connectivity index is 1.47. The molecule has 2 aromatic heterocycles. The van der Waals surface area contributed by atoms with E-state index in [0.29, 0.717) is 16.2 Å². The van der Waals surface area contributed by atoms with E-state index in [9.17, 15) is 14.9 Å². The maximum absolute atomic E-state index is 12.3. The van der Waals surface area contributed by atoms with Gasteiger partial charge in [0.2, 0.25) is 0 Å². The Kier molecular flexibility index (Phi) is 5.10. The summed E-state index contributed by atoms with van der Waals surface area (Å²) in [6.45, 7) is 1.32. The predicted octanol–water partition coefficient (Wildman–Crippen LogP) is 4.31. The topological polar surface area (TPSA) is 93.2 Å². The molecule has 0 saturated carbocycles. The number of Topliss-reactive ketones (excluding diaryl/α,β-unsaturated/α-hetero) is 1. The van der Waals surface area contributed by atoms with Crippen molar-refractivity contribution in [3.63, 3.8) is 0 Å². The molecule has 0 N–H and O–H groups in total. The Morgan fingerprint density at radius 3 is 2.86 bits per heavy atom. The van der Waals surface area contributed by atoms with E-state index < -0.39 is 24.3 Å². The highest BCUT2D eigenvalue weighted by Crippen LogP contribution is 2.30. The molecule has 0 aliphatic carbocycles. The third kappa shape index (κ3) is 3.75. The molecule has 1 atom stereocenters. The van der Waals surface area contributed by atoms with Gasteiger partial charge in [-0.15, -0.1) is 11.3 Å². The molecule has 0 bridgehead atoms. The molecule has 2 heterocycles. The highest BCUT2D eigenvalue weighted by atomic mass is 32.1. The number of aromatic nitrogens is 1. The number of hydrogen-bond donors (Lipinski definition) is 0. The summed E-state index contributed by atoms with van der Waals surface area (Å²) in [7, 11) is 0. The highest BCUT2D eigenvalue weighted by molar-refractivity contribution is 7.09. The van der Waals surface area contributed by atoms with E-state index in [0.717, 1.165) is 21.9 Å². The maximum atomic E-state index is 12.3. The van der Waals surface area contributed by atoms with Crippen LogP contribution in [0.1, 0.15) is 22.2 Å². The molecule has 0 amide bonds. The van der Waals surface area contributed by atoms with Crippen LogP contribution in [0.5, 0.6) is 0 Å². The molecular weight excluding hydrogens is 388 g/mol. The normalized spacial score (nSPS) is 12.0. The van der Waals surface area contributed by atoms with Crippen LogP contribution < -0.4 is 0 Å². The lowest BCUT2D eigenvalue weighted by molar-refractivity contribution is -0.147. The van der Waals surface area contributed by atoms with Crippen molar-refractivity contribution in [3.05, 3.63) is 64.3 Å². The van der Waals surface area contributed by atoms with Crippen LogP contribution in [0.25, 0.3) is 21.7 Å². The number of thiazole rings is 1. The van der Waals surface area contributed by atoms with Crippen LogP contribution in [0.2, 0.25) is 0 Å². The van der Waals surface area contributed by atoms with Crippen molar-refractivity contribution in [2.75, 3.05) is 6.61 Å². The molecule has 0 radical (unpaired) electrons. The molecule has 2 aromatic carbocycles. The van der Waals surface area contributed by atoms with Crippen LogP contribution in [0.3, 0.4) is 0 Å². The number of nitriles is 1. The molecule has 29 heavy (non-hydrogen) atoms. The fraction of sp³-hybridized carbons (Fsp3) is 0.182. The van der Waals surface area contributed by atoms with Crippen LogP contribution in [0.15, 0.2) is 52.5 Å². The summed E-state index contributed by atoms with van der Waals surface area (Å²) in [6.07, 6.45) is 1.51. The van der Waals surface area contributed by atoms with Crippen LogP contribution in [-0.2, 0) is 20.7 Å². The Bertz CT molecular complexity index is 1260. The van der Waals surface area contributed by atoms with Gasteiger partial charge in [-0.3, -0.25) is 9.59 Å². The summed E-state index contributed by atoms with van der Waals surface area (Å²) >= 11 is 1.24. The molecule has 0 fully saturated rings. The molecule has 4 aromatic rings. The Morgan fingerprint density at radius 1 is 1.28 bits per heavy atom. The van der Waals surface area contributed by atoms with Crippen molar-refractivity contribution in [1.82, 2.24) is 4.98 Å². The summed E-state index contributed by atoms with van der Waals surface area (Å²) < 4.78 is 10.7. The quantitative estimate of drug-likeness (QED) is 0.445. The number of ketones is 1. The summed E-state index contributed by atoms with van der Waals surface area (Å²) in [6, 6.07) is 13.6. The number of benzene rings is 2. The van der Waals surface area contributed by atoms with Crippen LogP contribution >= 0.6 is 11.3 Å².